The van der Waals surface area contributed by atoms with Gasteiger partial charge in [0.15, 0.2) is 0 Å². The van der Waals surface area contributed by atoms with E-state index in [1.807, 2.05) is 12.4 Å². The number of hydrogen-bond donors (Lipinski definition) is 3. The van der Waals surface area contributed by atoms with E-state index in [4.69, 9.17) is 0 Å². The third-order valence-corrected chi connectivity index (χ3v) is 2.04. The van der Waals surface area contributed by atoms with Crippen LogP contribution in [0, 0.1) is 0 Å². The van der Waals surface area contributed by atoms with Gasteiger partial charge in [0.25, 0.3) is 0 Å². The van der Waals surface area contributed by atoms with Crippen LogP contribution in [0.3, 0.4) is 0 Å². The maximum atomic E-state index is 4.24. The molecule has 0 unspecified atom stereocenters. The van der Waals surface area contributed by atoms with Crippen LogP contribution in [0.25, 0.3) is 0 Å². The lowest BCUT2D eigenvalue weighted by atomic mass is 10.5. The van der Waals surface area contributed by atoms with Crippen molar-refractivity contribution in [2.75, 3.05) is 52.4 Å². The topological polar surface area (TPSA) is 60.8 Å². The molecule has 5 heteroatoms. The van der Waals surface area contributed by atoms with Gasteiger partial charge in [0, 0.05) is 51.7 Å². The molecule has 86 valence electrons. The number of hydrogen-bond acceptors (Lipinski definition) is 5. The van der Waals surface area contributed by atoms with E-state index in [9.17, 15) is 0 Å². The third-order valence-electron chi connectivity index (χ3n) is 2.04. The maximum Gasteiger partial charge on any atom is 0.0581 e. The molecular formula is C10H21N5. The molecule has 0 aromatic carbocycles. The quantitative estimate of drug-likeness (QED) is 0.477. The second-order valence-corrected chi connectivity index (χ2v) is 3.34. The predicted molar refractivity (Wildman–Crippen MR) is 65.3 cm³/mol. The molecular weight excluding hydrogens is 190 g/mol. The van der Waals surface area contributed by atoms with Crippen molar-refractivity contribution in [3.05, 3.63) is 0 Å². The minimum absolute atomic E-state index is 0.788. The molecule has 0 saturated carbocycles. The summed E-state index contributed by atoms with van der Waals surface area (Å²) in [6.07, 6.45) is 3.85. The van der Waals surface area contributed by atoms with Gasteiger partial charge >= 0.3 is 0 Å². The Morgan fingerprint density at radius 3 is 1.67 bits per heavy atom. The molecule has 0 aliphatic carbocycles. The van der Waals surface area contributed by atoms with E-state index in [1.54, 1.807) is 0 Å². The lowest BCUT2D eigenvalue weighted by Crippen LogP contribution is -2.33. The van der Waals surface area contributed by atoms with Crippen molar-refractivity contribution in [2.24, 2.45) is 9.98 Å². The zero-order valence-corrected chi connectivity index (χ0v) is 9.21. The fourth-order valence-corrected chi connectivity index (χ4v) is 1.24. The van der Waals surface area contributed by atoms with Crippen molar-refractivity contribution < 1.29 is 0 Å². The van der Waals surface area contributed by atoms with Gasteiger partial charge in [0.1, 0.15) is 0 Å². The minimum atomic E-state index is 0.788. The van der Waals surface area contributed by atoms with Crippen LogP contribution in [0.15, 0.2) is 9.98 Å². The summed E-state index contributed by atoms with van der Waals surface area (Å²) in [5, 5.41) is 9.91. The number of nitrogens with one attached hydrogen (secondary N) is 3. The van der Waals surface area contributed by atoms with Crippen molar-refractivity contribution in [3.8, 4) is 0 Å². The number of nitrogens with zero attached hydrogens (tertiary/aromatic N) is 2. The zero-order valence-electron chi connectivity index (χ0n) is 9.21. The lowest BCUT2D eigenvalue weighted by Gasteiger charge is -2.04. The molecule has 0 atom stereocenters. The van der Waals surface area contributed by atoms with E-state index in [0.29, 0.717) is 0 Å². The molecule has 1 heterocycles. The summed E-state index contributed by atoms with van der Waals surface area (Å²) < 4.78 is 0. The molecule has 0 aromatic heterocycles. The first-order valence-corrected chi connectivity index (χ1v) is 5.59. The molecule has 0 radical (unpaired) electrons. The highest BCUT2D eigenvalue weighted by Gasteiger charge is 1.88. The molecule has 1 aliphatic heterocycles. The molecule has 0 fully saturated rings. The molecule has 0 aromatic rings. The zero-order chi connectivity index (χ0) is 10.6. The highest BCUT2D eigenvalue weighted by atomic mass is 15.0. The van der Waals surface area contributed by atoms with Crippen LogP contribution in [0.1, 0.15) is 0 Å². The molecule has 15 heavy (non-hydrogen) atoms. The van der Waals surface area contributed by atoms with Gasteiger partial charge in [-0.3, -0.25) is 9.98 Å². The van der Waals surface area contributed by atoms with Crippen LogP contribution in [0.2, 0.25) is 0 Å². The monoisotopic (exact) mass is 211 g/mol. The standard InChI is InChI=1S/C10H21N5/c1-2-12-5-6-14-9-10-15-8-7-13-4-3-11-1/h1,7,12,14-15H,2-6,8-10H2. The first kappa shape index (κ1) is 12.3. The Morgan fingerprint density at radius 2 is 1.13 bits per heavy atom. The summed E-state index contributed by atoms with van der Waals surface area (Å²) in [5.41, 5.74) is 0. The second kappa shape index (κ2) is 9.76. The van der Waals surface area contributed by atoms with Crippen LogP contribution in [-0.2, 0) is 0 Å². The van der Waals surface area contributed by atoms with Crippen LogP contribution in [0.5, 0.6) is 0 Å². The van der Waals surface area contributed by atoms with Crippen LogP contribution < -0.4 is 16.0 Å². The Hall–Kier alpha value is -0.780. The summed E-state index contributed by atoms with van der Waals surface area (Å²) in [7, 11) is 0. The first-order chi connectivity index (χ1) is 7.50. The van der Waals surface area contributed by atoms with Gasteiger partial charge in [-0.2, -0.15) is 0 Å². The van der Waals surface area contributed by atoms with Gasteiger partial charge in [-0.05, 0) is 0 Å². The summed E-state index contributed by atoms with van der Waals surface area (Å²) in [5.74, 6) is 0. The Balaban J connectivity index is 2.15. The SMILES string of the molecule is C1=NCCN=CCNCCNCCNC1. The van der Waals surface area contributed by atoms with E-state index in [1.165, 1.54) is 0 Å². The average Bonchev–Trinajstić information content (AvgIpc) is 2.27. The average molecular weight is 211 g/mol. The van der Waals surface area contributed by atoms with Crippen molar-refractivity contribution in [2.45, 2.75) is 0 Å². The van der Waals surface area contributed by atoms with Crippen molar-refractivity contribution >= 4 is 12.4 Å². The second-order valence-electron chi connectivity index (χ2n) is 3.34. The Kier molecular flexibility index (Phi) is 8.00. The Labute approximate surface area is 91.5 Å². The van der Waals surface area contributed by atoms with Gasteiger partial charge < -0.3 is 16.0 Å². The van der Waals surface area contributed by atoms with Crippen LogP contribution in [0.4, 0.5) is 0 Å². The summed E-state index contributed by atoms with van der Waals surface area (Å²) in [6, 6.07) is 0. The summed E-state index contributed by atoms with van der Waals surface area (Å²) in [6.45, 7) is 7.26. The molecule has 0 amide bonds. The molecule has 3 N–H and O–H groups in total. The van der Waals surface area contributed by atoms with E-state index in [-0.39, 0.29) is 0 Å². The van der Waals surface area contributed by atoms with Crippen molar-refractivity contribution in [1.29, 1.82) is 0 Å². The van der Waals surface area contributed by atoms with E-state index in [0.717, 1.165) is 52.4 Å². The molecule has 0 spiro atoms. The van der Waals surface area contributed by atoms with Crippen molar-refractivity contribution in [3.63, 3.8) is 0 Å². The van der Waals surface area contributed by atoms with Crippen LogP contribution >= 0.6 is 0 Å². The Morgan fingerprint density at radius 1 is 0.667 bits per heavy atom. The van der Waals surface area contributed by atoms with Gasteiger partial charge in [-0.25, -0.2) is 0 Å². The highest BCUT2D eigenvalue weighted by Crippen LogP contribution is 1.72. The molecule has 1 aliphatic rings. The van der Waals surface area contributed by atoms with E-state index < -0.39 is 0 Å². The fourth-order valence-electron chi connectivity index (χ4n) is 1.24. The molecule has 5 nitrogen and oxygen atoms in total. The summed E-state index contributed by atoms with van der Waals surface area (Å²) >= 11 is 0. The predicted octanol–water partition coefficient (Wildman–Crippen LogP) is -1.09. The third kappa shape index (κ3) is 8.23. The lowest BCUT2D eigenvalue weighted by molar-refractivity contribution is 0.615. The van der Waals surface area contributed by atoms with Gasteiger partial charge in [0.2, 0.25) is 0 Å². The molecule has 0 bridgehead atoms. The van der Waals surface area contributed by atoms with Crippen molar-refractivity contribution in [1.82, 2.24) is 16.0 Å². The largest absolute Gasteiger partial charge is 0.314 e. The maximum absolute atomic E-state index is 4.24. The highest BCUT2D eigenvalue weighted by molar-refractivity contribution is 5.60. The van der Waals surface area contributed by atoms with Gasteiger partial charge in [-0.1, -0.05) is 0 Å². The first-order valence-electron chi connectivity index (χ1n) is 5.59. The number of aliphatic imine (C=N–C) groups is 2. The van der Waals surface area contributed by atoms with Gasteiger partial charge in [0.05, 0.1) is 13.1 Å². The van der Waals surface area contributed by atoms with Gasteiger partial charge in [-0.15, -0.1) is 0 Å². The minimum Gasteiger partial charge on any atom is -0.314 e. The van der Waals surface area contributed by atoms with E-state index >= 15 is 0 Å². The Bertz CT molecular complexity index is 170. The molecule has 0 saturated heterocycles. The molecule has 1 rings (SSSR count). The smallest absolute Gasteiger partial charge is 0.0581 e. The van der Waals surface area contributed by atoms with Crippen LogP contribution in [-0.4, -0.2) is 64.8 Å². The summed E-state index contributed by atoms with van der Waals surface area (Å²) in [4.78, 5) is 8.48. The van der Waals surface area contributed by atoms with E-state index in [2.05, 4.69) is 25.9 Å². The number of rotatable bonds is 0. The normalized spacial score (nSPS) is 21.9. The fraction of sp³-hybridized carbons (Fsp3) is 0.800.